The summed E-state index contributed by atoms with van der Waals surface area (Å²) in [6.07, 6.45) is 4.14. The van der Waals surface area contributed by atoms with E-state index in [2.05, 4.69) is 0 Å². The Morgan fingerprint density at radius 1 is 1.13 bits per heavy atom. The molecule has 1 amide bonds. The number of aromatic nitrogens is 1. The average molecular weight is 417 g/mol. The molecule has 0 spiro atoms. The molecule has 3 aromatic rings. The monoisotopic (exact) mass is 417 g/mol. The lowest BCUT2D eigenvalue weighted by molar-refractivity contribution is -0.384. The van der Waals surface area contributed by atoms with Crippen LogP contribution in [0.2, 0.25) is 0 Å². The highest BCUT2D eigenvalue weighted by atomic mass is 16.6. The number of nitro benzene ring substituents is 1. The number of hydrogen-bond acceptors (Lipinski definition) is 6. The zero-order chi connectivity index (χ0) is 22.0. The zero-order valence-corrected chi connectivity index (χ0v) is 16.5. The number of rotatable bonds is 5. The summed E-state index contributed by atoms with van der Waals surface area (Å²) in [5, 5.41) is 11.6. The number of carbonyl (C=O) groups excluding carboxylic acids is 2. The van der Waals surface area contributed by atoms with Crippen LogP contribution in [-0.4, -0.2) is 28.4 Å². The minimum Gasteiger partial charge on any atom is -0.452 e. The van der Waals surface area contributed by atoms with Crippen molar-refractivity contribution < 1.29 is 19.2 Å². The predicted octanol–water partition coefficient (Wildman–Crippen LogP) is 3.66. The number of nitrogens with zero attached hydrogens (tertiary/aromatic N) is 2. The maximum atomic E-state index is 12.9. The van der Waals surface area contributed by atoms with E-state index in [9.17, 15) is 19.7 Å². The summed E-state index contributed by atoms with van der Waals surface area (Å²) in [7, 11) is 0. The SMILES string of the molecule is NC(=O)COC(=O)c1c2c(nc3ccccc13)C(=Cc1ccc([N+](=O)[O-])cc1)CCC2. The molecule has 0 radical (unpaired) electrons. The topological polar surface area (TPSA) is 125 Å². The van der Waals surface area contributed by atoms with E-state index >= 15 is 0 Å². The van der Waals surface area contributed by atoms with E-state index in [4.69, 9.17) is 15.5 Å². The molecule has 156 valence electrons. The second kappa shape index (κ2) is 8.35. The van der Waals surface area contributed by atoms with Crippen molar-refractivity contribution in [2.75, 3.05) is 6.61 Å². The Hall–Kier alpha value is -4.07. The van der Waals surface area contributed by atoms with Gasteiger partial charge in [0.25, 0.3) is 11.6 Å². The number of carbonyl (C=O) groups is 2. The lowest BCUT2D eigenvalue weighted by atomic mass is 9.86. The molecule has 0 bridgehead atoms. The van der Waals surface area contributed by atoms with E-state index in [0.717, 1.165) is 29.5 Å². The Bertz CT molecular complexity index is 1230. The number of fused-ring (bicyclic) bond motifs is 2. The molecule has 1 aliphatic rings. The van der Waals surface area contributed by atoms with Gasteiger partial charge < -0.3 is 10.5 Å². The van der Waals surface area contributed by atoms with Crippen molar-refractivity contribution in [2.45, 2.75) is 19.3 Å². The third-order valence-corrected chi connectivity index (χ3v) is 5.16. The minimum absolute atomic E-state index is 0.0230. The van der Waals surface area contributed by atoms with Gasteiger partial charge >= 0.3 is 5.97 Å². The Balaban J connectivity index is 1.83. The normalized spacial score (nSPS) is 14.3. The van der Waals surface area contributed by atoms with Gasteiger partial charge in [0.1, 0.15) is 0 Å². The molecule has 0 fully saturated rings. The van der Waals surface area contributed by atoms with Crippen LogP contribution in [0.3, 0.4) is 0 Å². The fourth-order valence-electron chi connectivity index (χ4n) is 3.81. The van der Waals surface area contributed by atoms with Crippen LogP contribution >= 0.6 is 0 Å². The third-order valence-electron chi connectivity index (χ3n) is 5.16. The summed E-state index contributed by atoms with van der Waals surface area (Å²) in [4.78, 5) is 39.2. The average Bonchev–Trinajstić information content (AvgIpc) is 2.76. The van der Waals surface area contributed by atoms with Crippen molar-refractivity contribution in [3.63, 3.8) is 0 Å². The second-order valence-electron chi connectivity index (χ2n) is 7.25. The van der Waals surface area contributed by atoms with Gasteiger partial charge in [-0.2, -0.15) is 0 Å². The third kappa shape index (κ3) is 4.13. The minimum atomic E-state index is -0.723. The summed E-state index contributed by atoms with van der Waals surface area (Å²) < 4.78 is 5.13. The summed E-state index contributed by atoms with van der Waals surface area (Å²) in [6, 6.07) is 13.6. The molecular formula is C23H19N3O5. The van der Waals surface area contributed by atoms with Gasteiger partial charge in [0.05, 0.1) is 21.7 Å². The predicted molar refractivity (Wildman–Crippen MR) is 115 cm³/mol. The largest absolute Gasteiger partial charge is 0.452 e. The van der Waals surface area contributed by atoms with Crippen molar-refractivity contribution in [2.24, 2.45) is 5.73 Å². The van der Waals surface area contributed by atoms with Crippen LogP contribution in [0.1, 0.15) is 40.0 Å². The molecule has 1 aromatic heterocycles. The first kappa shape index (κ1) is 20.2. The molecule has 31 heavy (non-hydrogen) atoms. The first-order valence-corrected chi connectivity index (χ1v) is 9.76. The molecule has 2 N–H and O–H groups in total. The van der Waals surface area contributed by atoms with Crippen LogP contribution in [0.15, 0.2) is 48.5 Å². The van der Waals surface area contributed by atoms with Gasteiger partial charge in [-0.1, -0.05) is 18.2 Å². The summed E-state index contributed by atoms with van der Waals surface area (Å²) in [5.41, 5.74) is 9.41. The van der Waals surface area contributed by atoms with Gasteiger partial charge in [-0.3, -0.25) is 14.9 Å². The van der Waals surface area contributed by atoms with Crippen LogP contribution in [0.4, 0.5) is 5.69 Å². The number of benzene rings is 2. The Morgan fingerprint density at radius 2 is 1.87 bits per heavy atom. The van der Waals surface area contributed by atoms with Crippen LogP contribution in [-0.2, 0) is 16.0 Å². The van der Waals surface area contributed by atoms with E-state index in [-0.39, 0.29) is 5.69 Å². The van der Waals surface area contributed by atoms with Gasteiger partial charge in [0, 0.05) is 17.5 Å². The van der Waals surface area contributed by atoms with Crippen LogP contribution in [0.25, 0.3) is 22.6 Å². The molecule has 1 heterocycles. The number of hydrogen-bond donors (Lipinski definition) is 1. The van der Waals surface area contributed by atoms with Gasteiger partial charge in [-0.05, 0) is 60.2 Å². The second-order valence-corrected chi connectivity index (χ2v) is 7.25. The fraction of sp³-hybridized carbons (Fsp3) is 0.174. The van der Waals surface area contributed by atoms with Crippen LogP contribution < -0.4 is 5.73 Å². The fourth-order valence-corrected chi connectivity index (χ4v) is 3.81. The standard InChI is InChI=1S/C23H19N3O5/c24-20(27)13-31-23(28)21-17-5-1-2-7-19(17)25-22-15(4-3-6-18(21)22)12-14-8-10-16(11-9-14)26(29)30/h1-2,5,7-12H,3-4,6,13H2,(H2,24,27). The molecule has 0 atom stereocenters. The molecular weight excluding hydrogens is 398 g/mol. The van der Waals surface area contributed by atoms with Crippen molar-refractivity contribution >= 4 is 40.1 Å². The number of pyridine rings is 1. The van der Waals surface area contributed by atoms with Gasteiger partial charge in [-0.15, -0.1) is 0 Å². The Kier molecular flexibility index (Phi) is 5.44. The summed E-state index contributed by atoms with van der Waals surface area (Å²) >= 11 is 0. The molecule has 4 rings (SSSR count). The maximum absolute atomic E-state index is 12.9. The Labute approximate surface area is 177 Å². The van der Waals surface area contributed by atoms with Crippen molar-refractivity contribution in [1.29, 1.82) is 0 Å². The number of para-hydroxylation sites is 1. The number of ether oxygens (including phenoxy) is 1. The molecule has 1 aliphatic carbocycles. The van der Waals surface area contributed by atoms with Gasteiger partial charge in [0.15, 0.2) is 6.61 Å². The van der Waals surface area contributed by atoms with E-state index in [1.807, 2.05) is 24.3 Å². The smallest absolute Gasteiger partial charge is 0.339 e. The first-order chi connectivity index (χ1) is 14.9. The van der Waals surface area contributed by atoms with E-state index in [0.29, 0.717) is 28.6 Å². The number of esters is 1. The first-order valence-electron chi connectivity index (χ1n) is 9.76. The van der Waals surface area contributed by atoms with Gasteiger partial charge in [0.2, 0.25) is 0 Å². The number of non-ortho nitro benzene ring substituents is 1. The van der Waals surface area contributed by atoms with E-state index < -0.39 is 23.4 Å². The summed E-state index contributed by atoms with van der Waals surface area (Å²) in [5.74, 6) is -1.33. The molecule has 0 unspecified atom stereocenters. The lowest BCUT2D eigenvalue weighted by Crippen LogP contribution is -2.22. The summed E-state index contributed by atoms with van der Waals surface area (Å²) in [6.45, 7) is -0.490. The van der Waals surface area contributed by atoms with E-state index in [1.165, 1.54) is 12.1 Å². The lowest BCUT2D eigenvalue weighted by Gasteiger charge is -2.22. The highest BCUT2D eigenvalue weighted by molar-refractivity contribution is 6.07. The molecule has 0 saturated heterocycles. The quantitative estimate of drug-likeness (QED) is 0.384. The van der Waals surface area contributed by atoms with Crippen molar-refractivity contribution in [1.82, 2.24) is 4.98 Å². The molecule has 2 aromatic carbocycles. The van der Waals surface area contributed by atoms with Crippen molar-refractivity contribution in [3.8, 4) is 0 Å². The van der Waals surface area contributed by atoms with Crippen molar-refractivity contribution in [3.05, 3.63) is 81.0 Å². The highest BCUT2D eigenvalue weighted by Crippen LogP contribution is 2.36. The molecule has 0 saturated carbocycles. The zero-order valence-electron chi connectivity index (χ0n) is 16.5. The van der Waals surface area contributed by atoms with Gasteiger partial charge in [-0.25, -0.2) is 9.78 Å². The molecule has 0 aliphatic heterocycles. The van der Waals surface area contributed by atoms with E-state index in [1.54, 1.807) is 18.2 Å². The van der Waals surface area contributed by atoms with Crippen LogP contribution in [0.5, 0.6) is 0 Å². The van der Waals surface area contributed by atoms with Crippen LogP contribution in [0, 0.1) is 10.1 Å². The number of nitro groups is 1. The number of amides is 1. The number of allylic oxidation sites excluding steroid dienone is 1. The number of nitrogens with two attached hydrogens (primary N) is 1. The Morgan fingerprint density at radius 3 is 2.58 bits per heavy atom. The molecule has 8 heteroatoms. The number of primary amides is 1. The maximum Gasteiger partial charge on any atom is 0.339 e. The molecule has 8 nitrogen and oxygen atoms in total. The highest BCUT2D eigenvalue weighted by Gasteiger charge is 2.26.